The summed E-state index contributed by atoms with van der Waals surface area (Å²) in [5.41, 5.74) is 2.30. The lowest BCUT2D eigenvalue weighted by atomic mass is 10.1. The number of nitrogens with one attached hydrogen (secondary N) is 2. The van der Waals surface area contributed by atoms with E-state index in [9.17, 15) is 9.59 Å². The van der Waals surface area contributed by atoms with Gasteiger partial charge in [-0.2, -0.15) is 0 Å². The largest absolute Gasteiger partial charge is 0.492 e. The van der Waals surface area contributed by atoms with Crippen LogP contribution in [0.4, 0.5) is 5.69 Å². The standard InChI is InChI=1S/C26H29N3O4/c1-2-32-24-8-4-3-7-23(24)28-25(30)18-29(17-22-6-5-15-33-22)16-19-9-11-20(12-10-19)26(31)27-21-13-14-21/h3-12,15,21H,2,13-14,16-18H2,1H3,(H,27,31)(H,28,30). The van der Waals surface area contributed by atoms with E-state index in [0.29, 0.717) is 42.7 Å². The van der Waals surface area contributed by atoms with E-state index in [1.807, 2.05) is 72.5 Å². The maximum absolute atomic E-state index is 12.9. The Kier molecular flexibility index (Phi) is 7.42. The van der Waals surface area contributed by atoms with Crippen LogP contribution in [0.15, 0.2) is 71.3 Å². The number of carbonyl (C=O) groups is 2. The predicted octanol–water partition coefficient (Wildman–Crippen LogP) is 4.21. The Morgan fingerprint density at radius 3 is 2.52 bits per heavy atom. The number of anilines is 1. The summed E-state index contributed by atoms with van der Waals surface area (Å²) >= 11 is 0. The molecule has 1 fully saturated rings. The van der Waals surface area contributed by atoms with Gasteiger partial charge in [0, 0.05) is 18.2 Å². The van der Waals surface area contributed by atoms with E-state index in [1.165, 1.54) is 0 Å². The van der Waals surface area contributed by atoms with Crippen LogP contribution in [-0.2, 0) is 17.9 Å². The van der Waals surface area contributed by atoms with Crippen molar-refractivity contribution in [1.29, 1.82) is 0 Å². The molecule has 2 aromatic carbocycles. The number of carbonyl (C=O) groups excluding carboxylic acids is 2. The fourth-order valence-electron chi connectivity index (χ4n) is 3.55. The second-order valence-corrected chi connectivity index (χ2v) is 8.15. The Morgan fingerprint density at radius 2 is 1.82 bits per heavy atom. The Morgan fingerprint density at radius 1 is 1.03 bits per heavy atom. The van der Waals surface area contributed by atoms with Gasteiger partial charge < -0.3 is 19.8 Å². The minimum absolute atomic E-state index is 0.0381. The summed E-state index contributed by atoms with van der Waals surface area (Å²) in [7, 11) is 0. The molecule has 3 aromatic rings. The van der Waals surface area contributed by atoms with Crippen LogP contribution < -0.4 is 15.4 Å². The molecular formula is C26H29N3O4. The van der Waals surface area contributed by atoms with Gasteiger partial charge in [-0.15, -0.1) is 0 Å². The fourth-order valence-corrected chi connectivity index (χ4v) is 3.55. The fraction of sp³-hybridized carbons (Fsp3) is 0.308. The quantitative estimate of drug-likeness (QED) is 0.460. The molecule has 4 rings (SSSR count). The molecule has 0 bridgehead atoms. The predicted molar refractivity (Wildman–Crippen MR) is 126 cm³/mol. The number of ether oxygens (including phenoxy) is 1. The Bertz CT molecular complexity index is 1060. The highest BCUT2D eigenvalue weighted by Gasteiger charge is 2.23. The first kappa shape index (κ1) is 22.6. The zero-order chi connectivity index (χ0) is 23.0. The van der Waals surface area contributed by atoms with Crippen molar-refractivity contribution < 1.29 is 18.7 Å². The maximum Gasteiger partial charge on any atom is 0.251 e. The highest BCUT2D eigenvalue weighted by atomic mass is 16.5. The minimum Gasteiger partial charge on any atom is -0.492 e. The molecule has 0 unspecified atom stereocenters. The van der Waals surface area contributed by atoms with Crippen LogP contribution in [0.25, 0.3) is 0 Å². The molecule has 33 heavy (non-hydrogen) atoms. The van der Waals surface area contributed by atoms with Crippen molar-refractivity contribution in [3.63, 3.8) is 0 Å². The molecule has 1 aromatic heterocycles. The van der Waals surface area contributed by atoms with Crippen molar-refractivity contribution in [2.24, 2.45) is 0 Å². The topological polar surface area (TPSA) is 83.8 Å². The highest BCUT2D eigenvalue weighted by Crippen LogP contribution is 2.24. The number of nitrogens with zero attached hydrogens (tertiary/aromatic N) is 1. The lowest BCUT2D eigenvalue weighted by Crippen LogP contribution is -2.32. The molecule has 0 radical (unpaired) electrons. The van der Waals surface area contributed by atoms with E-state index in [2.05, 4.69) is 10.6 Å². The van der Waals surface area contributed by atoms with Crippen molar-refractivity contribution in [1.82, 2.24) is 10.2 Å². The van der Waals surface area contributed by atoms with Crippen molar-refractivity contribution >= 4 is 17.5 Å². The number of hydrogen-bond donors (Lipinski definition) is 2. The highest BCUT2D eigenvalue weighted by molar-refractivity contribution is 5.94. The molecule has 2 N–H and O–H groups in total. The maximum atomic E-state index is 12.9. The smallest absolute Gasteiger partial charge is 0.251 e. The third-order valence-electron chi connectivity index (χ3n) is 5.32. The Hall–Kier alpha value is -3.58. The molecule has 0 spiro atoms. The zero-order valence-electron chi connectivity index (χ0n) is 18.8. The first-order chi connectivity index (χ1) is 16.1. The van der Waals surface area contributed by atoms with Gasteiger partial charge in [-0.3, -0.25) is 14.5 Å². The number of hydrogen-bond acceptors (Lipinski definition) is 5. The molecule has 172 valence electrons. The van der Waals surface area contributed by atoms with Crippen LogP contribution in [0, 0.1) is 0 Å². The van der Waals surface area contributed by atoms with Crippen LogP contribution in [-0.4, -0.2) is 35.9 Å². The minimum atomic E-state index is -0.144. The lowest BCUT2D eigenvalue weighted by Gasteiger charge is -2.21. The summed E-state index contributed by atoms with van der Waals surface area (Å²) in [6.45, 7) is 3.62. The average Bonchev–Trinajstić information content (AvgIpc) is 3.47. The molecule has 1 saturated carbocycles. The van der Waals surface area contributed by atoms with Gasteiger partial charge in [0.05, 0.1) is 31.6 Å². The van der Waals surface area contributed by atoms with Gasteiger partial charge in [-0.05, 0) is 61.7 Å². The third kappa shape index (κ3) is 6.70. The van der Waals surface area contributed by atoms with Gasteiger partial charge in [0.15, 0.2) is 0 Å². The summed E-state index contributed by atoms with van der Waals surface area (Å²) in [6.07, 6.45) is 3.74. The van der Waals surface area contributed by atoms with Crippen LogP contribution in [0.3, 0.4) is 0 Å². The molecule has 2 amide bonds. The van der Waals surface area contributed by atoms with Gasteiger partial charge in [-0.25, -0.2) is 0 Å². The third-order valence-corrected chi connectivity index (χ3v) is 5.32. The first-order valence-electron chi connectivity index (χ1n) is 11.3. The molecular weight excluding hydrogens is 418 g/mol. The van der Waals surface area contributed by atoms with E-state index >= 15 is 0 Å². The van der Waals surface area contributed by atoms with E-state index in [0.717, 1.165) is 24.2 Å². The molecule has 1 aliphatic carbocycles. The molecule has 0 atom stereocenters. The monoisotopic (exact) mass is 447 g/mol. The van der Waals surface area contributed by atoms with Crippen molar-refractivity contribution in [2.45, 2.75) is 38.9 Å². The average molecular weight is 448 g/mol. The Labute approximate surface area is 193 Å². The van der Waals surface area contributed by atoms with Crippen molar-refractivity contribution in [3.05, 3.63) is 83.8 Å². The first-order valence-corrected chi connectivity index (χ1v) is 11.3. The van der Waals surface area contributed by atoms with E-state index in [4.69, 9.17) is 9.15 Å². The van der Waals surface area contributed by atoms with Crippen LogP contribution >= 0.6 is 0 Å². The molecule has 1 heterocycles. The van der Waals surface area contributed by atoms with Crippen LogP contribution in [0.1, 0.15) is 41.4 Å². The van der Waals surface area contributed by atoms with Crippen LogP contribution in [0.5, 0.6) is 5.75 Å². The number of furan rings is 1. The van der Waals surface area contributed by atoms with E-state index in [1.54, 1.807) is 6.26 Å². The number of rotatable bonds is 11. The number of benzene rings is 2. The number of amides is 2. The molecule has 0 aliphatic heterocycles. The summed E-state index contributed by atoms with van der Waals surface area (Å²) in [6, 6.07) is 19.0. The molecule has 7 heteroatoms. The zero-order valence-corrected chi connectivity index (χ0v) is 18.8. The SMILES string of the molecule is CCOc1ccccc1NC(=O)CN(Cc1ccc(C(=O)NC2CC2)cc1)Cc1ccco1. The lowest BCUT2D eigenvalue weighted by molar-refractivity contribution is -0.117. The second-order valence-electron chi connectivity index (χ2n) is 8.15. The second kappa shape index (κ2) is 10.8. The number of para-hydroxylation sites is 2. The summed E-state index contributed by atoms with van der Waals surface area (Å²) < 4.78 is 11.1. The summed E-state index contributed by atoms with van der Waals surface area (Å²) in [4.78, 5) is 27.1. The van der Waals surface area contributed by atoms with Gasteiger partial charge in [0.1, 0.15) is 11.5 Å². The van der Waals surface area contributed by atoms with Gasteiger partial charge >= 0.3 is 0 Å². The van der Waals surface area contributed by atoms with Crippen molar-refractivity contribution in [2.75, 3.05) is 18.5 Å². The summed E-state index contributed by atoms with van der Waals surface area (Å²) in [5.74, 6) is 1.24. The summed E-state index contributed by atoms with van der Waals surface area (Å²) in [5, 5.41) is 5.95. The normalized spacial score (nSPS) is 13.0. The Balaban J connectivity index is 1.41. The van der Waals surface area contributed by atoms with Crippen LogP contribution in [0.2, 0.25) is 0 Å². The van der Waals surface area contributed by atoms with Gasteiger partial charge in [0.2, 0.25) is 5.91 Å². The van der Waals surface area contributed by atoms with E-state index in [-0.39, 0.29) is 18.4 Å². The molecule has 0 saturated heterocycles. The van der Waals surface area contributed by atoms with Gasteiger partial charge in [-0.1, -0.05) is 24.3 Å². The van der Waals surface area contributed by atoms with Gasteiger partial charge in [0.25, 0.3) is 5.91 Å². The molecule has 1 aliphatic rings. The van der Waals surface area contributed by atoms with E-state index < -0.39 is 0 Å². The molecule has 7 nitrogen and oxygen atoms in total. The van der Waals surface area contributed by atoms with Crippen molar-refractivity contribution in [3.8, 4) is 5.75 Å².